The molecule has 90 valence electrons. The maximum absolute atomic E-state index is 11.3. The van der Waals surface area contributed by atoms with E-state index in [0.29, 0.717) is 12.4 Å². The van der Waals surface area contributed by atoms with E-state index in [-0.39, 0.29) is 4.90 Å². The summed E-state index contributed by atoms with van der Waals surface area (Å²) in [4.78, 5) is 8.50. The Morgan fingerprint density at radius 3 is 2.76 bits per heavy atom. The highest BCUT2D eigenvalue weighted by molar-refractivity contribution is 7.90. The molecule has 17 heavy (non-hydrogen) atoms. The molecule has 0 aliphatic carbocycles. The Kier molecular flexibility index (Phi) is 2.93. The first-order chi connectivity index (χ1) is 7.95. The second-order valence-corrected chi connectivity index (χ2v) is 5.78. The molecule has 2 heterocycles. The van der Waals surface area contributed by atoms with Crippen LogP contribution in [0.4, 0.5) is 0 Å². The zero-order chi connectivity index (χ0) is 12.5. The van der Waals surface area contributed by atoms with Crippen molar-refractivity contribution in [3.8, 4) is 0 Å². The van der Waals surface area contributed by atoms with Crippen LogP contribution in [-0.4, -0.2) is 34.4 Å². The molecule has 0 atom stereocenters. The number of rotatable bonds is 3. The minimum absolute atomic E-state index is 0.199. The zero-order valence-electron chi connectivity index (χ0n) is 9.53. The predicted octanol–water partition coefficient (Wildman–Crippen LogP) is 0.433. The van der Waals surface area contributed by atoms with E-state index in [9.17, 15) is 8.42 Å². The van der Waals surface area contributed by atoms with Gasteiger partial charge in [0.15, 0.2) is 9.84 Å². The Balaban J connectivity index is 2.23. The molecule has 0 spiro atoms. The summed E-state index contributed by atoms with van der Waals surface area (Å²) in [6, 6.07) is 1.80. The summed E-state index contributed by atoms with van der Waals surface area (Å²) in [5, 5.41) is 3.97. The first-order valence-corrected chi connectivity index (χ1v) is 6.85. The van der Waals surface area contributed by atoms with Gasteiger partial charge in [0.25, 0.3) is 0 Å². The number of nitrogens with zero attached hydrogens (tertiary/aromatic N) is 4. The Labute approximate surface area is 99.3 Å². The Morgan fingerprint density at radius 2 is 2.18 bits per heavy atom. The van der Waals surface area contributed by atoms with Crippen molar-refractivity contribution in [2.45, 2.75) is 18.4 Å². The first kappa shape index (κ1) is 11.7. The van der Waals surface area contributed by atoms with Gasteiger partial charge in [-0.05, 0) is 13.0 Å². The average Bonchev–Trinajstić information content (AvgIpc) is 2.65. The lowest BCUT2D eigenvalue weighted by molar-refractivity contribution is 0.601. The third kappa shape index (κ3) is 2.88. The number of aryl methyl sites for hydroxylation is 1. The number of sulfone groups is 1. The van der Waals surface area contributed by atoms with E-state index in [1.54, 1.807) is 12.3 Å². The molecule has 0 fully saturated rings. The number of hydrogen-bond donors (Lipinski definition) is 0. The van der Waals surface area contributed by atoms with Gasteiger partial charge in [-0.3, -0.25) is 4.68 Å². The van der Waals surface area contributed by atoms with Crippen LogP contribution >= 0.6 is 0 Å². The largest absolute Gasteiger partial charge is 0.264 e. The second kappa shape index (κ2) is 4.25. The summed E-state index contributed by atoms with van der Waals surface area (Å²) in [5.74, 6) is 0.605. The molecule has 2 rings (SSSR count). The van der Waals surface area contributed by atoms with Gasteiger partial charge in [-0.2, -0.15) is 5.10 Å². The summed E-state index contributed by atoms with van der Waals surface area (Å²) < 4.78 is 24.0. The lowest BCUT2D eigenvalue weighted by atomic mass is 10.4. The van der Waals surface area contributed by atoms with Gasteiger partial charge in [0.1, 0.15) is 17.3 Å². The first-order valence-electron chi connectivity index (χ1n) is 4.96. The van der Waals surface area contributed by atoms with Gasteiger partial charge in [-0.15, -0.1) is 0 Å². The monoisotopic (exact) mass is 252 g/mol. The van der Waals surface area contributed by atoms with Crippen LogP contribution in [0.2, 0.25) is 0 Å². The fourth-order valence-electron chi connectivity index (χ4n) is 1.34. The minimum Gasteiger partial charge on any atom is -0.264 e. The molecule has 7 heteroatoms. The summed E-state index contributed by atoms with van der Waals surface area (Å²) in [6.07, 6.45) is 5.61. The highest BCUT2D eigenvalue weighted by Gasteiger charge is 2.10. The molecule has 0 radical (unpaired) electrons. The van der Waals surface area contributed by atoms with Crippen LogP contribution in [0.1, 0.15) is 11.5 Å². The van der Waals surface area contributed by atoms with E-state index in [4.69, 9.17) is 0 Å². The van der Waals surface area contributed by atoms with Crippen molar-refractivity contribution in [1.82, 2.24) is 19.7 Å². The second-order valence-electron chi connectivity index (χ2n) is 3.76. The van der Waals surface area contributed by atoms with Crippen LogP contribution in [0.3, 0.4) is 0 Å². The maximum Gasteiger partial charge on any atom is 0.178 e. The fraction of sp³-hybridized carbons (Fsp3) is 0.300. The van der Waals surface area contributed by atoms with Crippen LogP contribution in [0.25, 0.3) is 0 Å². The third-order valence-corrected chi connectivity index (χ3v) is 3.25. The van der Waals surface area contributed by atoms with E-state index in [2.05, 4.69) is 15.1 Å². The van der Waals surface area contributed by atoms with Crippen molar-refractivity contribution in [1.29, 1.82) is 0 Å². The molecule has 0 amide bonds. The normalized spacial score (nSPS) is 11.6. The molecule has 0 saturated carbocycles. The Morgan fingerprint density at radius 1 is 1.41 bits per heavy atom. The van der Waals surface area contributed by atoms with Gasteiger partial charge in [0.2, 0.25) is 0 Å². The molecule has 2 aromatic rings. The molecule has 6 nitrogen and oxygen atoms in total. The number of hydrogen-bond acceptors (Lipinski definition) is 5. The van der Waals surface area contributed by atoms with E-state index in [0.717, 1.165) is 11.9 Å². The molecule has 0 aliphatic rings. The molecular weight excluding hydrogens is 240 g/mol. The van der Waals surface area contributed by atoms with Crippen LogP contribution in [-0.2, 0) is 16.4 Å². The van der Waals surface area contributed by atoms with Gasteiger partial charge in [-0.1, -0.05) is 0 Å². The minimum atomic E-state index is -3.21. The van der Waals surface area contributed by atoms with E-state index in [1.807, 2.05) is 6.92 Å². The van der Waals surface area contributed by atoms with Crippen molar-refractivity contribution in [2.75, 3.05) is 6.26 Å². The molecule has 0 aromatic carbocycles. The summed E-state index contributed by atoms with van der Waals surface area (Å²) >= 11 is 0. The smallest absolute Gasteiger partial charge is 0.178 e. The Bertz CT molecular complexity index is 633. The molecule has 2 aromatic heterocycles. The highest BCUT2D eigenvalue weighted by atomic mass is 32.2. The van der Waals surface area contributed by atoms with Gasteiger partial charge in [-0.25, -0.2) is 18.4 Å². The molecule has 0 aliphatic heterocycles. The lowest BCUT2D eigenvalue weighted by Crippen LogP contribution is -2.05. The van der Waals surface area contributed by atoms with Crippen molar-refractivity contribution in [2.24, 2.45) is 0 Å². The highest BCUT2D eigenvalue weighted by Crippen LogP contribution is 2.07. The maximum atomic E-state index is 11.3. The average molecular weight is 252 g/mol. The third-order valence-electron chi connectivity index (χ3n) is 2.19. The SMILES string of the molecule is Cc1ccnc(Cn2cc(S(C)(=O)=O)cn2)n1. The van der Waals surface area contributed by atoms with E-state index in [1.165, 1.54) is 17.1 Å². The molecule has 0 unspecified atom stereocenters. The Hall–Kier alpha value is -1.76. The standard InChI is InChI=1S/C10H12N4O2S/c1-8-3-4-11-10(13-8)7-14-6-9(5-12-14)17(2,15)16/h3-6H,7H2,1-2H3. The van der Waals surface area contributed by atoms with Gasteiger partial charge in [0.05, 0.1) is 6.20 Å². The predicted molar refractivity (Wildman–Crippen MR) is 61.2 cm³/mol. The summed E-state index contributed by atoms with van der Waals surface area (Å²) in [6.45, 7) is 2.23. The van der Waals surface area contributed by atoms with E-state index < -0.39 is 9.84 Å². The zero-order valence-corrected chi connectivity index (χ0v) is 10.3. The fourth-order valence-corrected chi connectivity index (χ4v) is 1.90. The van der Waals surface area contributed by atoms with Crippen molar-refractivity contribution < 1.29 is 8.42 Å². The van der Waals surface area contributed by atoms with Crippen molar-refractivity contribution in [3.05, 3.63) is 36.2 Å². The summed E-state index contributed by atoms with van der Waals surface area (Å²) in [5.41, 5.74) is 0.866. The molecule has 0 N–H and O–H groups in total. The van der Waals surface area contributed by atoms with Crippen LogP contribution in [0.15, 0.2) is 29.6 Å². The summed E-state index contributed by atoms with van der Waals surface area (Å²) in [7, 11) is -3.21. The van der Waals surface area contributed by atoms with Crippen LogP contribution < -0.4 is 0 Å². The van der Waals surface area contributed by atoms with Gasteiger partial charge >= 0.3 is 0 Å². The van der Waals surface area contributed by atoms with Gasteiger partial charge < -0.3 is 0 Å². The molecule has 0 saturated heterocycles. The van der Waals surface area contributed by atoms with Crippen LogP contribution in [0, 0.1) is 6.92 Å². The molecular formula is C10H12N4O2S. The van der Waals surface area contributed by atoms with E-state index >= 15 is 0 Å². The molecule has 0 bridgehead atoms. The van der Waals surface area contributed by atoms with Gasteiger partial charge in [0, 0.05) is 24.3 Å². The number of aromatic nitrogens is 4. The van der Waals surface area contributed by atoms with Crippen molar-refractivity contribution >= 4 is 9.84 Å². The quantitative estimate of drug-likeness (QED) is 0.791. The van der Waals surface area contributed by atoms with Crippen LogP contribution in [0.5, 0.6) is 0 Å². The van der Waals surface area contributed by atoms with Crippen molar-refractivity contribution in [3.63, 3.8) is 0 Å². The topological polar surface area (TPSA) is 77.7 Å². The lowest BCUT2D eigenvalue weighted by Gasteiger charge is -2.00.